The Balaban J connectivity index is 2.12. The van der Waals surface area contributed by atoms with Crippen LogP contribution < -0.4 is 5.73 Å². The molecule has 1 heterocycles. The van der Waals surface area contributed by atoms with E-state index in [0.29, 0.717) is 0 Å². The molecule has 1 aliphatic heterocycles. The number of benzene rings is 1. The van der Waals surface area contributed by atoms with E-state index in [1.165, 1.54) is 44.3 Å². The predicted octanol–water partition coefficient (Wildman–Crippen LogP) is 3.29. The second kappa shape index (κ2) is 6.88. The topological polar surface area (TPSA) is 29.3 Å². The van der Waals surface area contributed by atoms with Gasteiger partial charge < -0.3 is 10.6 Å². The van der Waals surface area contributed by atoms with Crippen LogP contribution in [-0.4, -0.2) is 24.5 Å². The number of rotatable bonds is 5. The molecule has 1 atom stereocenters. The fourth-order valence-electron chi connectivity index (χ4n) is 2.99. The Kier molecular flexibility index (Phi) is 5.17. The maximum Gasteiger partial charge on any atom is 0.0573 e. The first-order valence-electron chi connectivity index (χ1n) is 7.42. The number of hydrogen-bond acceptors (Lipinski definition) is 2. The summed E-state index contributed by atoms with van der Waals surface area (Å²) in [7, 11) is 0. The van der Waals surface area contributed by atoms with E-state index in [-0.39, 0.29) is 5.54 Å². The summed E-state index contributed by atoms with van der Waals surface area (Å²) in [5.41, 5.74) is 7.62. The van der Waals surface area contributed by atoms with Crippen molar-refractivity contribution in [2.24, 2.45) is 5.73 Å². The van der Waals surface area contributed by atoms with Gasteiger partial charge in [-0.15, -0.1) is 6.58 Å². The molecule has 0 aromatic heterocycles. The van der Waals surface area contributed by atoms with E-state index in [9.17, 15) is 0 Å². The first-order chi connectivity index (χ1) is 9.24. The summed E-state index contributed by atoms with van der Waals surface area (Å²) in [4.78, 5) is 2.53. The van der Waals surface area contributed by atoms with Crippen molar-refractivity contribution in [3.63, 3.8) is 0 Å². The molecule has 1 aliphatic rings. The van der Waals surface area contributed by atoms with Crippen molar-refractivity contribution in [2.75, 3.05) is 19.6 Å². The van der Waals surface area contributed by atoms with Gasteiger partial charge in [0, 0.05) is 6.54 Å². The molecule has 19 heavy (non-hydrogen) atoms. The van der Waals surface area contributed by atoms with E-state index in [1.54, 1.807) is 0 Å². The molecule has 104 valence electrons. The van der Waals surface area contributed by atoms with E-state index >= 15 is 0 Å². The molecule has 0 radical (unpaired) electrons. The molecule has 1 fully saturated rings. The van der Waals surface area contributed by atoms with Crippen LogP contribution in [0.4, 0.5) is 0 Å². The van der Waals surface area contributed by atoms with Crippen LogP contribution in [0.15, 0.2) is 43.0 Å². The molecule has 1 aromatic carbocycles. The first kappa shape index (κ1) is 14.3. The molecule has 0 amide bonds. The Hall–Kier alpha value is -1.12. The third-order valence-corrected chi connectivity index (χ3v) is 4.06. The van der Waals surface area contributed by atoms with Crippen LogP contribution in [0.2, 0.25) is 0 Å². The fraction of sp³-hybridized carbons (Fsp3) is 0.529. The predicted molar refractivity (Wildman–Crippen MR) is 82.0 cm³/mol. The van der Waals surface area contributed by atoms with Crippen molar-refractivity contribution < 1.29 is 0 Å². The molecule has 0 aliphatic carbocycles. The van der Waals surface area contributed by atoms with Crippen LogP contribution in [0.5, 0.6) is 0 Å². The van der Waals surface area contributed by atoms with Gasteiger partial charge in [0.2, 0.25) is 0 Å². The van der Waals surface area contributed by atoms with Gasteiger partial charge in [0.25, 0.3) is 0 Å². The lowest BCUT2D eigenvalue weighted by Crippen LogP contribution is -2.47. The van der Waals surface area contributed by atoms with Crippen LogP contribution >= 0.6 is 0 Å². The van der Waals surface area contributed by atoms with Crippen LogP contribution in [0.25, 0.3) is 0 Å². The molecule has 2 N–H and O–H groups in total. The Morgan fingerprint density at radius 3 is 2.32 bits per heavy atom. The maximum atomic E-state index is 6.70. The zero-order valence-corrected chi connectivity index (χ0v) is 11.9. The van der Waals surface area contributed by atoms with E-state index in [2.05, 4.69) is 35.7 Å². The van der Waals surface area contributed by atoms with Crippen molar-refractivity contribution in [1.29, 1.82) is 0 Å². The van der Waals surface area contributed by atoms with Crippen LogP contribution in [0.1, 0.15) is 37.7 Å². The Morgan fingerprint density at radius 1 is 1.11 bits per heavy atom. The van der Waals surface area contributed by atoms with Gasteiger partial charge in [-0.2, -0.15) is 0 Å². The Labute approximate surface area is 117 Å². The lowest BCUT2D eigenvalue weighted by atomic mass is 9.87. The molecule has 1 unspecified atom stereocenters. The highest BCUT2D eigenvalue weighted by Crippen LogP contribution is 2.25. The molecule has 1 saturated heterocycles. The van der Waals surface area contributed by atoms with Gasteiger partial charge in [-0.1, -0.05) is 49.2 Å². The Morgan fingerprint density at radius 2 is 1.74 bits per heavy atom. The zero-order valence-electron chi connectivity index (χ0n) is 11.9. The molecular formula is C17H26N2. The molecule has 2 nitrogen and oxygen atoms in total. The highest BCUT2D eigenvalue weighted by Gasteiger charge is 2.28. The fourth-order valence-corrected chi connectivity index (χ4v) is 2.99. The normalized spacial score (nSPS) is 20.5. The molecule has 2 rings (SSSR count). The van der Waals surface area contributed by atoms with Crippen LogP contribution in [-0.2, 0) is 5.54 Å². The second-order valence-corrected chi connectivity index (χ2v) is 5.71. The summed E-state index contributed by atoms with van der Waals surface area (Å²) in [6.07, 6.45) is 8.11. The quantitative estimate of drug-likeness (QED) is 0.821. The molecule has 0 spiro atoms. The van der Waals surface area contributed by atoms with Crippen molar-refractivity contribution in [2.45, 2.75) is 37.6 Å². The lowest BCUT2D eigenvalue weighted by Gasteiger charge is -2.35. The highest BCUT2D eigenvalue weighted by molar-refractivity contribution is 5.25. The van der Waals surface area contributed by atoms with Gasteiger partial charge in [0.05, 0.1) is 5.54 Å². The zero-order chi connectivity index (χ0) is 13.6. The minimum Gasteiger partial charge on any atom is -0.320 e. The smallest absolute Gasteiger partial charge is 0.0573 e. The Bertz CT molecular complexity index is 380. The summed E-state index contributed by atoms with van der Waals surface area (Å²) in [6, 6.07) is 10.5. The van der Waals surface area contributed by atoms with E-state index in [0.717, 1.165) is 13.0 Å². The first-order valence-corrected chi connectivity index (χ1v) is 7.42. The number of likely N-dealkylation sites (tertiary alicyclic amines) is 1. The molecule has 1 aromatic rings. The molecule has 2 heteroatoms. The van der Waals surface area contributed by atoms with Gasteiger partial charge in [-0.05, 0) is 37.9 Å². The van der Waals surface area contributed by atoms with Gasteiger partial charge in [0.15, 0.2) is 0 Å². The lowest BCUT2D eigenvalue weighted by molar-refractivity contribution is 0.215. The average Bonchev–Trinajstić information content (AvgIpc) is 2.68. The van der Waals surface area contributed by atoms with Crippen LogP contribution in [0, 0.1) is 0 Å². The number of nitrogens with two attached hydrogens (primary N) is 1. The minimum absolute atomic E-state index is 0.298. The van der Waals surface area contributed by atoms with Crippen molar-refractivity contribution in [1.82, 2.24) is 4.90 Å². The van der Waals surface area contributed by atoms with Gasteiger partial charge >= 0.3 is 0 Å². The third kappa shape index (κ3) is 3.92. The standard InChI is InChI=1S/C17H26N2/c1-2-12-17(18,16-10-6-5-7-11-16)15-19-13-8-3-4-9-14-19/h2,5-7,10-11H,1,3-4,8-9,12-15,18H2. The van der Waals surface area contributed by atoms with Crippen molar-refractivity contribution in [3.05, 3.63) is 48.6 Å². The summed E-state index contributed by atoms with van der Waals surface area (Å²) in [5.74, 6) is 0. The van der Waals surface area contributed by atoms with Crippen molar-refractivity contribution in [3.8, 4) is 0 Å². The maximum absolute atomic E-state index is 6.70. The number of nitrogens with zero attached hydrogens (tertiary/aromatic N) is 1. The van der Waals surface area contributed by atoms with Crippen molar-refractivity contribution >= 4 is 0 Å². The summed E-state index contributed by atoms with van der Waals surface area (Å²) in [5, 5.41) is 0. The van der Waals surface area contributed by atoms with Crippen LogP contribution in [0.3, 0.4) is 0 Å². The van der Waals surface area contributed by atoms with Gasteiger partial charge in [0.1, 0.15) is 0 Å². The van der Waals surface area contributed by atoms with Gasteiger partial charge in [-0.3, -0.25) is 0 Å². The molecule has 0 bridgehead atoms. The average molecular weight is 258 g/mol. The molecular weight excluding hydrogens is 232 g/mol. The summed E-state index contributed by atoms with van der Waals surface area (Å²) >= 11 is 0. The SMILES string of the molecule is C=CCC(N)(CN1CCCCCC1)c1ccccc1. The number of hydrogen-bond donors (Lipinski definition) is 1. The monoisotopic (exact) mass is 258 g/mol. The van der Waals surface area contributed by atoms with E-state index < -0.39 is 0 Å². The highest BCUT2D eigenvalue weighted by atomic mass is 15.1. The van der Waals surface area contributed by atoms with E-state index in [1.807, 2.05) is 12.1 Å². The molecule has 0 saturated carbocycles. The second-order valence-electron chi connectivity index (χ2n) is 5.71. The summed E-state index contributed by atoms with van der Waals surface area (Å²) in [6.45, 7) is 7.18. The summed E-state index contributed by atoms with van der Waals surface area (Å²) < 4.78 is 0. The third-order valence-electron chi connectivity index (χ3n) is 4.06. The largest absolute Gasteiger partial charge is 0.320 e. The van der Waals surface area contributed by atoms with E-state index in [4.69, 9.17) is 5.73 Å². The minimum atomic E-state index is -0.298. The van der Waals surface area contributed by atoms with Gasteiger partial charge in [-0.25, -0.2) is 0 Å².